The fourth-order valence-corrected chi connectivity index (χ4v) is 5.16. The summed E-state index contributed by atoms with van der Waals surface area (Å²) in [5, 5.41) is 1.98. The van der Waals surface area contributed by atoms with Crippen molar-refractivity contribution >= 4 is 63.4 Å². The smallest absolute Gasteiger partial charge is 0.281 e. The number of fused-ring (bicyclic) bond motifs is 1. The number of para-hydroxylation sites is 1. The average Bonchev–Trinajstić information content (AvgIpc) is 3.30. The molecule has 2 aliphatic heterocycles. The largest absolute Gasteiger partial charge is 0.341 e. The van der Waals surface area contributed by atoms with Crippen LogP contribution in [0.1, 0.15) is 25.3 Å². The lowest BCUT2D eigenvalue weighted by molar-refractivity contribution is -0.133. The third-order valence-corrected chi connectivity index (χ3v) is 7.61. The topological polar surface area (TPSA) is 48.8 Å². The predicted molar refractivity (Wildman–Crippen MR) is 144 cm³/mol. The van der Waals surface area contributed by atoms with Gasteiger partial charge in [-0.15, -0.1) is 0 Å². The molecule has 0 saturated carbocycles. The molecule has 0 unspecified atom stereocenters. The Morgan fingerprint density at radius 2 is 1.80 bits per heavy atom. The highest BCUT2D eigenvalue weighted by molar-refractivity contribution is 7.80. The minimum Gasteiger partial charge on any atom is -0.341 e. The van der Waals surface area contributed by atoms with Gasteiger partial charge in [-0.05, 0) is 67.4 Å². The minimum absolute atomic E-state index is 0.126. The molecule has 2 saturated heterocycles. The number of carbonyl (C=O) groups is 2. The van der Waals surface area contributed by atoms with Crippen LogP contribution in [0.4, 0.5) is 5.69 Å². The van der Waals surface area contributed by atoms with Gasteiger partial charge in [-0.3, -0.25) is 14.5 Å². The van der Waals surface area contributed by atoms with Gasteiger partial charge in [-0.1, -0.05) is 36.7 Å². The van der Waals surface area contributed by atoms with E-state index in [4.69, 9.17) is 23.8 Å². The molecule has 8 heteroatoms. The normalized spacial score (nSPS) is 18.4. The molecule has 2 aromatic carbocycles. The number of thiocarbonyl (C=S) groups is 1. The van der Waals surface area contributed by atoms with Gasteiger partial charge in [0, 0.05) is 47.8 Å². The number of amides is 2. The molecule has 0 bridgehead atoms. The number of anilines is 1. The first kappa shape index (κ1) is 23.6. The summed E-state index contributed by atoms with van der Waals surface area (Å²) >= 11 is 11.6. The lowest BCUT2D eigenvalue weighted by Crippen LogP contribution is -2.39. The number of likely N-dealkylation sites (N-methyl/N-ethyl adjacent to an activating group) is 1. The molecule has 0 spiro atoms. The standard InChI is InChI=1S/C27H27ClN4O2S/c1-18-11-13-30(14-12-18)25(33)17-31-16-19(22-5-3-4-6-23(22)31)15-24-26(34)32(27(35)29(24)2)21-9-7-20(28)8-10-21/h3-10,15-16,18H,11-14,17H2,1-2H3/b24-15-. The lowest BCUT2D eigenvalue weighted by Gasteiger charge is -2.30. The summed E-state index contributed by atoms with van der Waals surface area (Å²) in [6.07, 6.45) is 5.91. The minimum atomic E-state index is -0.199. The number of hydrogen-bond acceptors (Lipinski definition) is 3. The van der Waals surface area contributed by atoms with Gasteiger partial charge >= 0.3 is 0 Å². The number of nitrogens with zero attached hydrogens (tertiary/aromatic N) is 4. The van der Waals surface area contributed by atoms with Crippen LogP contribution >= 0.6 is 23.8 Å². The Hall–Kier alpha value is -3.16. The van der Waals surface area contributed by atoms with Crippen molar-refractivity contribution in [1.82, 2.24) is 14.4 Å². The maximum absolute atomic E-state index is 13.4. The second kappa shape index (κ2) is 9.47. The molecule has 2 aliphatic rings. The second-order valence-electron chi connectivity index (χ2n) is 9.28. The van der Waals surface area contributed by atoms with Crippen LogP contribution in [0.2, 0.25) is 5.02 Å². The van der Waals surface area contributed by atoms with E-state index in [1.165, 1.54) is 4.90 Å². The first-order valence-electron chi connectivity index (χ1n) is 11.8. The van der Waals surface area contributed by atoms with Gasteiger partial charge in [0.15, 0.2) is 5.11 Å². The maximum Gasteiger partial charge on any atom is 0.281 e. The van der Waals surface area contributed by atoms with Gasteiger partial charge in [0.05, 0.1) is 5.69 Å². The Kier molecular flexibility index (Phi) is 6.38. The maximum atomic E-state index is 13.4. The van der Waals surface area contributed by atoms with Crippen molar-refractivity contribution in [3.05, 3.63) is 71.0 Å². The zero-order valence-electron chi connectivity index (χ0n) is 19.8. The van der Waals surface area contributed by atoms with Crippen LogP contribution in [0, 0.1) is 5.92 Å². The summed E-state index contributed by atoms with van der Waals surface area (Å²) < 4.78 is 1.98. The first-order chi connectivity index (χ1) is 16.8. The highest BCUT2D eigenvalue weighted by Gasteiger charge is 2.37. The Labute approximate surface area is 215 Å². The summed E-state index contributed by atoms with van der Waals surface area (Å²) in [6.45, 7) is 4.14. The van der Waals surface area contributed by atoms with E-state index < -0.39 is 0 Å². The summed E-state index contributed by atoms with van der Waals surface area (Å²) in [7, 11) is 1.79. The monoisotopic (exact) mass is 506 g/mol. The molecular formula is C27H27ClN4O2S. The van der Waals surface area contributed by atoms with Crippen molar-refractivity contribution in [2.24, 2.45) is 5.92 Å². The van der Waals surface area contributed by atoms with Crippen LogP contribution in [-0.4, -0.2) is 51.4 Å². The number of hydrogen-bond donors (Lipinski definition) is 0. The Morgan fingerprint density at radius 3 is 2.51 bits per heavy atom. The third-order valence-electron chi connectivity index (χ3n) is 6.90. The summed E-state index contributed by atoms with van der Waals surface area (Å²) in [5.41, 5.74) is 2.98. The van der Waals surface area contributed by atoms with Crippen LogP contribution in [0.15, 0.2) is 60.4 Å². The van der Waals surface area contributed by atoms with Crippen molar-refractivity contribution in [2.75, 3.05) is 25.0 Å². The molecule has 0 aliphatic carbocycles. The fraction of sp³-hybridized carbons (Fsp3) is 0.296. The zero-order valence-corrected chi connectivity index (χ0v) is 21.4. The number of carbonyl (C=O) groups excluding carboxylic acids is 2. The summed E-state index contributed by atoms with van der Waals surface area (Å²) in [5.74, 6) is 0.598. The third kappa shape index (κ3) is 4.46. The number of benzene rings is 2. The van der Waals surface area contributed by atoms with Crippen molar-refractivity contribution in [2.45, 2.75) is 26.3 Å². The molecule has 3 aromatic rings. The van der Waals surface area contributed by atoms with Crippen LogP contribution in [-0.2, 0) is 16.1 Å². The average molecular weight is 507 g/mol. The van der Waals surface area contributed by atoms with E-state index in [1.807, 2.05) is 46.0 Å². The fourth-order valence-electron chi connectivity index (χ4n) is 4.75. The molecule has 2 amide bonds. The quantitative estimate of drug-likeness (QED) is 0.362. The second-order valence-corrected chi connectivity index (χ2v) is 10.1. The number of piperidine rings is 1. The Balaban J connectivity index is 1.46. The highest BCUT2D eigenvalue weighted by Crippen LogP contribution is 2.31. The van der Waals surface area contributed by atoms with E-state index in [2.05, 4.69) is 6.92 Å². The molecule has 6 nitrogen and oxygen atoms in total. The zero-order chi connectivity index (χ0) is 24.7. The van der Waals surface area contributed by atoms with E-state index in [0.717, 1.165) is 42.4 Å². The van der Waals surface area contributed by atoms with E-state index in [9.17, 15) is 9.59 Å². The molecule has 0 radical (unpaired) electrons. The molecule has 0 N–H and O–H groups in total. The molecule has 35 heavy (non-hydrogen) atoms. The Morgan fingerprint density at radius 1 is 1.11 bits per heavy atom. The van der Waals surface area contributed by atoms with Crippen LogP contribution in [0.5, 0.6) is 0 Å². The van der Waals surface area contributed by atoms with Crippen LogP contribution < -0.4 is 4.90 Å². The number of likely N-dealkylation sites (tertiary alicyclic amines) is 1. The molecule has 2 fully saturated rings. The molecule has 180 valence electrons. The van der Waals surface area contributed by atoms with E-state index in [-0.39, 0.29) is 18.4 Å². The molecule has 3 heterocycles. The van der Waals surface area contributed by atoms with Crippen molar-refractivity contribution in [1.29, 1.82) is 0 Å². The number of aromatic nitrogens is 1. The number of halogens is 1. The SMILES string of the molecule is CC1CCN(C(=O)Cn2cc(/C=C3/C(=O)N(c4ccc(Cl)cc4)C(=S)N3C)c3ccccc32)CC1. The van der Waals surface area contributed by atoms with Gasteiger partial charge in [-0.25, -0.2) is 0 Å². The van der Waals surface area contributed by atoms with Gasteiger partial charge in [0.2, 0.25) is 5.91 Å². The van der Waals surface area contributed by atoms with Gasteiger partial charge in [0.1, 0.15) is 12.2 Å². The van der Waals surface area contributed by atoms with Gasteiger partial charge < -0.3 is 14.4 Å². The lowest BCUT2D eigenvalue weighted by atomic mass is 9.99. The predicted octanol–water partition coefficient (Wildman–Crippen LogP) is 5.16. The molecule has 5 rings (SSSR count). The Bertz CT molecular complexity index is 1340. The van der Waals surface area contributed by atoms with Crippen molar-refractivity contribution in [3.63, 3.8) is 0 Å². The first-order valence-corrected chi connectivity index (χ1v) is 12.6. The van der Waals surface area contributed by atoms with E-state index in [0.29, 0.717) is 27.4 Å². The van der Waals surface area contributed by atoms with Crippen LogP contribution in [0.3, 0.4) is 0 Å². The van der Waals surface area contributed by atoms with E-state index >= 15 is 0 Å². The van der Waals surface area contributed by atoms with E-state index in [1.54, 1.807) is 36.2 Å². The van der Waals surface area contributed by atoms with Gasteiger partial charge in [-0.2, -0.15) is 0 Å². The molecular weight excluding hydrogens is 480 g/mol. The number of rotatable bonds is 4. The van der Waals surface area contributed by atoms with Crippen LogP contribution in [0.25, 0.3) is 17.0 Å². The summed E-state index contributed by atoms with van der Waals surface area (Å²) in [6, 6.07) is 15.0. The van der Waals surface area contributed by atoms with Crippen molar-refractivity contribution in [3.8, 4) is 0 Å². The summed E-state index contributed by atoms with van der Waals surface area (Å²) in [4.78, 5) is 31.6. The molecule has 1 aromatic heterocycles. The van der Waals surface area contributed by atoms with Gasteiger partial charge in [0.25, 0.3) is 5.91 Å². The highest BCUT2D eigenvalue weighted by atomic mass is 35.5. The molecule has 0 atom stereocenters. The van der Waals surface area contributed by atoms with Crippen molar-refractivity contribution < 1.29 is 9.59 Å².